The van der Waals surface area contributed by atoms with Crippen LogP contribution in [-0.2, 0) is 26.2 Å². The summed E-state index contributed by atoms with van der Waals surface area (Å²) in [5, 5.41) is 11.2. The van der Waals surface area contributed by atoms with E-state index in [4.69, 9.17) is 5.11 Å². The molecule has 0 saturated heterocycles. The fraction of sp³-hybridized carbons (Fsp3) is 0.333. The van der Waals surface area contributed by atoms with Gasteiger partial charge in [-0.2, -0.15) is 4.31 Å². The number of aliphatic carboxylic acids is 1. The van der Waals surface area contributed by atoms with Gasteiger partial charge in [0.05, 0.1) is 4.90 Å². The van der Waals surface area contributed by atoms with E-state index in [0.29, 0.717) is 6.54 Å². The van der Waals surface area contributed by atoms with Gasteiger partial charge in [0.1, 0.15) is 6.54 Å². The minimum atomic E-state index is -3.82. The van der Waals surface area contributed by atoms with Crippen LogP contribution in [-0.4, -0.2) is 43.3 Å². The van der Waals surface area contributed by atoms with Crippen LogP contribution in [0, 0.1) is 0 Å². The van der Waals surface area contributed by atoms with Crippen LogP contribution < -0.4 is 5.32 Å². The zero-order chi connectivity index (χ0) is 15.3. The molecule has 8 heteroatoms. The molecular weight excluding hydrogens is 284 g/mol. The van der Waals surface area contributed by atoms with Crippen LogP contribution in [0.25, 0.3) is 0 Å². The predicted octanol–water partition coefficient (Wildman–Crippen LogP) is 0.0278. The first-order valence-electron chi connectivity index (χ1n) is 5.75. The Hall–Kier alpha value is -1.93. The SMILES string of the molecule is CC(=O)NCc1ccc(S(=O)(=O)N(C)CC(=O)O)cc1. The third kappa shape index (κ3) is 4.32. The summed E-state index contributed by atoms with van der Waals surface area (Å²) in [6, 6.07) is 5.89. The molecule has 0 unspecified atom stereocenters. The third-order valence-corrected chi connectivity index (χ3v) is 4.35. The average molecular weight is 300 g/mol. The number of sulfonamides is 1. The van der Waals surface area contributed by atoms with Gasteiger partial charge < -0.3 is 10.4 Å². The van der Waals surface area contributed by atoms with Gasteiger partial charge in [0, 0.05) is 20.5 Å². The fourth-order valence-electron chi connectivity index (χ4n) is 1.46. The summed E-state index contributed by atoms with van der Waals surface area (Å²) in [6.45, 7) is 1.09. The minimum Gasteiger partial charge on any atom is -0.480 e. The summed E-state index contributed by atoms with van der Waals surface area (Å²) in [5.74, 6) is -1.40. The number of carboxylic acid groups (broad SMARTS) is 1. The molecule has 0 bridgehead atoms. The number of rotatable bonds is 6. The third-order valence-electron chi connectivity index (χ3n) is 2.53. The maximum absolute atomic E-state index is 12.0. The molecule has 0 saturated carbocycles. The standard InChI is InChI=1S/C12H16N2O5S/c1-9(15)13-7-10-3-5-11(6-4-10)20(18,19)14(2)8-12(16)17/h3-6H,7-8H2,1-2H3,(H,13,15)(H,16,17). The zero-order valence-electron chi connectivity index (χ0n) is 11.2. The van der Waals surface area contributed by atoms with Crippen molar-refractivity contribution < 1.29 is 23.1 Å². The lowest BCUT2D eigenvalue weighted by atomic mass is 10.2. The molecule has 7 nitrogen and oxygen atoms in total. The van der Waals surface area contributed by atoms with Crippen LogP contribution in [0.2, 0.25) is 0 Å². The molecule has 0 radical (unpaired) electrons. The average Bonchev–Trinajstić information content (AvgIpc) is 2.36. The van der Waals surface area contributed by atoms with E-state index in [1.807, 2.05) is 0 Å². The van der Waals surface area contributed by atoms with E-state index in [2.05, 4.69) is 5.32 Å². The number of hydrogen-bond acceptors (Lipinski definition) is 4. The van der Waals surface area contributed by atoms with Gasteiger partial charge in [0.25, 0.3) is 0 Å². The molecule has 1 aromatic rings. The van der Waals surface area contributed by atoms with E-state index in [0.717, 1.165) is 9.87 Å². The zero-order valence-corrected chi connectivity index (χ0v) is 12.0. The molecule has 0 aliphatic heterocycles. The van der Waals surface area contributed by atoms with Crippen molar-refractivity contribution in [1.82, 2.24) is 9.62 Å². The van der Waals surface area contributed by atoms with E-state index in [-0.39, 0.29) is 10.8 Å². The highest BCUT2D eigenvalue weighted by Crippen LogP contribution is 2.15. The summed E-state index contributed by atoms with van der Waals surface area (Å²) in [6.07, 6.45) is 0. The van der Waals surface area contributed by atoms with Gasteiger partial charge in [-0.05, 0) is 17.7 Å². The summed E-state index contributed by atoms with van der Waals surface area (Å²) in [5.41, 5.74) is 0.750. The van der Waals surface area contributed by atoms with Crippen LogP contribution in [0.5, 0.6) is 0 Å². The summed E-state index contributed by atoms with van der Waals surface area (Å²) < 4.78 is 24.8. The number of amides is 1. The molecule has 110 valence electrons. The molecule has 0 aromatic heterocycles. The fourth-order valence-corrected chi connectivity index (χ4v) is 2.58. The molecule has 0 atom stereocenters. The lowest BCUT2D eigenvalue weighted by Gasteiger charge is -2.15. The van der Waals surface area contributed by atoms with Crippen molar-refractivity contribution in [3.8, 4) is 0 Å². The topological polar surface area (TPSA) is 104 Å². The number of benzene rings is 1. The molecule has 20 heavy (non-hydrogen) atoms. The van der Waals surface area contributed by atoms with E-state index in [9.17, 15) is 18.0 Å². The Labute approximate surface area is 117 Å². The smallest absolute Gasteiger partial charge is 0.318 e. The summed E-state index contributed by atoms with van der Waals surface area (Å²) in [7, 11) is -2.61. The van der Waals surface area contributed by atoms with Gasteiger partial charge in [-0.15, -0.1) is 0 Å². The Bertz CT molecular complexity index is 595. The molecule has 0 spiro atoms. The van der Waals surface area contributed by atoms with Crippen molar-refractivity contribution in [2.24, 2.45) is 0 Å². The van der Waals surface area contributed by atoms with Crippen LogP contribution in [0.3, 0.4) is 0 Å². The van der Waals surface area contributed by atoms with Crippen molar-refractivity contribution in [2.45, 2.75) is 18.4 Å². The number of carbonyl (C=O) groups is 2. The van der Waals surface area contributed by atoms with Crippen LogP contribution in [0.15, 0.2) is 29.2 Å². The number of nitrogens with one attached hydrogen (secondary N) is 1. The van der Waals surface area contributed by atoms with E-state index < -0.39 is 22.5 Å². The lowest BCUT2D eigenvalue weighted by molar-refractivity contribution is -0.137. The molecule has 1 rings (SSSR count). The highest BCUT2D eigenvalue weighted by molar-refractivity contribution is 7.89. The number of nitrogens with zero attached hydrogens (tertiary/aromatic N) is 1. The van der Waals surface area contributed by atoms with Gasteiger partial charge in [-0.3, -0.25) is 9.59 Å². The van der Waals surface area contributed by atoms with E-state index in [1.54, 1.807) is 12.1 Å². The van der Waals surface area contributed by atoms with Crippen molar-refractivity contribution in [1.29, 1.82) is 0 Å². The van der Waals surface area contributed by atoms with Crippen LogP contribution >= 0.6 is 0 Å². The normalized spacial score (nSPS) is 11.3. The second-order valence-electron chi connectivity index (χ2n) is 4.21. The minimum absolute atomic E-state index is 0.00725. The number of carbonyl (C=O) groups excluding carboxylic acids is 1. The quantitative estimate of drug-likeness (QED) is 0.771. The van der Waals surface area contributed by atoms with Crippen molar-refractivity contribution in [2.75, 3.05) is 13.6 Å². The Morgan fingerprint density at radius 2 is 1.80 bits per heavy atom. The Morgan fingerprint density at radius 3 is 2.25 bits per heavy atom. The second-order valence-corrected chi connectivity index (χ2v) is 6.25. The van der Waals surface area contributed by atoms with Crippen LogP contribution in [0.1, 0.15) is 12.5 Å². The van der Waals surface area contributed by atoms with Crippen molar-refractivity contribution in [3.05, 3.63) is 29.8 Å². The maximum atomic E-state index is 12.0. The van der Waals surface area contributed by atoms with Gasteiger partial charge in [-0.1, -0.05) is 12.1 Å². The van der Waals surface area contributed by atoms with Gasteiger partial charge in [-0.25, -0.2) is 8.42 Å². The van der Waals surface area contributed by atoms with Gasteiger partial charge in [0.2, 0.25) is 15.9 Å². The molecule has 0 aliphatic carbocycles. The monoisotopic (exact) mass is 300 g/mol. The highest BCUT2D eigenvalue weighted by atomic mass is 32.2. The highest BCUT2D eigenvalue weighted by Gasteiger charge is 2.22. The predicted molar refractivity (Wildman–Crippen MR) is 71.4 cm³/mol. The van der Waals surface area contributed by atoms with Crippen molar-refractivity contribution in [3.63, 3.8) is 0 Å². The van der Waals surface area contributed by atoms with Gasteiger partial charge in [0.15, 0.2) is 0 Å². The van der Waals surface area contributed by atoms with Gasteiger partial charge >= 0.3 is 5.97 Å². The molecule has 1 aromatic carbocycles. The summed E-state index contributed by atoms with van der Waals surface area (Å²) >= 11 is 0. The molecule has 1 amide bonds. The van der Waals surface area contributed by atoms with Crippen molar-refractivity contribution >= 4 is 21.9 Å². The molecule has 2 N–H and O–H groups in total. The first-order valence-corrected chi connectivity index (χ1v) is 7.19. The van der Waals surface area contributed by atoms with E-state index >= 15 is 0 Å². The Morgan fingerprint density at radius 1 is 1.25 bits per heavy atom. The molecule has 0 heterocycles. The number of hydrogen-bond donors (Lipinski definition) is 2. The molecule has 0 fully saturated rings. The Kier molecular flexibility index (Phi) is 5.23. The van der Waals surface area contributed by atoms with E-state index in [1.165, 1.54) is 26.1 Å². The number of likely N-dealkylation sites (N-methyl/N-ethyl adjacent to an activating group) is 1. The molecular formula is C12H16N2O5S. The number of carboxylic acids is 1. The molecule has 0 aliphatic rings. The second kappa shape index (κ2) is 6.49. The summed E-state index contributed by atoms with van der Waals surface area (Å²) in [4.78, 5) is 21.3. The first-order chi connectivity index (χ1) is 9.23. The lowest BCUT2D eigenvalue weighted by Crippen LogP contribution is -2.32. The maximum Gasteiger partial charge on any atom is 0.318 e. The van der Waals surface area contributed by atoms with Crippen LogP contribution in [0.4, 0.5) is 0 Å². The largest absolute Gasteiger partial charge is 0.480 e. The Balaban J connectivity index is 2.86. The first kappa shape index (κ1) is 16.1.